The first kappa shape index (κ1) is 15.8. The van der Waals surface area contributed by atoms with Crippen LogP contribution in [0.4, 0.5) is 0 Å². The lowest BCUT2D eigenvalue weighted by Gasteiger charge is -2.01. The van der Waals surface area contributed by atoms with Gasteiger partial charge in [0.05, 0.1) is 7.11 Å². The van der Waals surface area contributed by atoms with Crippen LogP contribution in [0.25, 0.3) is 6.08 Å². The summed E-state index contributed by atoms with van der Waals surface area (Å²) >= 11 is 0. The van der Waals surface area contributed by atoms with Gasteiger partial charge in [0.15, 0.2) is 5.78 Å². The SMILES string of the molecule is COc1ccc(CCC(=O)/C=C/C=C/c2ccccc2)cc1. The summed E-state index contributed by atoms with van der Waals surface area (Å²) < 4.78 is 5.11. The van der Waals surface area contributed by atoms with Crippen LogP contribution in [0.5, 0.6) is 5.75 Å². The minimum Gasteiger partial charge on any atom is -0.497 e. The summed E-state index contributed by atoms with van der Waals surface area (Å²) in [5, 5.41) is 0. The average molecular weight is 292 g/mol. The van der Waals surface area contributed by atoms with Gasteiger partial charge in [-0.15, -0.1) is 0 Å². The lowest BCUT2D eigenvalue weighted by atomic mass is 10.1. The number of benzene rings is 2. The number of carbonyl (C=O) groups excluding carboxylic acids is 1. The van der Waals surface area contributed by atoms with E-state index in [0.717, 1.165) is 23.3 Å². The van der Waals surface area contributed by atoms with Gasteiger partial charge in [0.25, 0.3) is 0 Å². The Hall–Kier alpha value is -2.61. The van der Waals surface area contributed by atoms with E-state index in [-0.39, 0.29) is 5.78 Å². The van der Waals surface area contributed by atoms with Gasteiger partial charge in [0, 0.05) is 6.42 Å². The van der Waals surface area contributed by atoms with Crippen molar-refractivity contribution in [1.29, 1.82) is 0 Å². The van der Waals surface area contributed by atoms with Crippen LogP contribution in [0.1, 0.15) is 17.5 Å². The van der Waals surface area contributed by atoms with E-state index < -0.39 is 0 Å². The van der Waals surface area contributed by atoms with E-state index in [2.05, 4.69) is 0 Å². The van der Waals surface area contributed by atoms with Crippen LogP contribution >= 0.6 is 0 Å². The number of carbonyl (C=O) groups is 1. The number of ketones is 1. The van der Waals surface area contributed by atoms with Crippen molar-refractivity contribution in [2.45, 2.75) is 12.8 Å². The minimum atomic E-state index is 0.133. The van der Waals surface area contributed by atoms with Crippen LogP contribution in [0.3, 0.4) is 0 Å². The van der Waals surface area contributed by atoms with E-state index in [1.54, 1.807) is 19.3 Å². The maximum absolute atomic E-state index is 11.8. The lowest BCUT2D eigenvalue weighted by Crippen LogP contribution is -1.96. The van der Waals surface area contributed by atoms with Crippen molar-refractivity contribution in [3.8, 4) is 5.75 Å². The Morgan fingerprint density at radius 1 is 1.00 bits per heavy atom. The molecule has 2 rings (SSSR count). The molecule has 0 amide bonds. The van der Waals surface area contributed by atoms with Crippen molar-refractivity contribution >= 4 is 11.9 Å². The van der Waals surface area contributed by atoms with E-state index >= 15 is 0 Å². The summed E-state index contributed by atoms with van der Waals surface area (Å²) in [7, 11) is 1.65. The van der Waals surface area contributed by atoms with Gasteiger partial charge in [-0.25, -0.2) is 0 Å². The molecule has 0 aromatic heterocycles. The summed E-state index contributed by atoms with van der Waals surface area (Å²) in [6.07, 6.45) is 8.55. The predicted molar refractivity (Wildman–Crippen MR) is 90.9 cm³/mol. The van der Waals surface area contributed by atoms with Gasteiger partial charge in [-0.3, -0.25) is 4.79 Å². The molecule has 2 nitrogen and oxygen atoms in total. The molecule has 2 aromatic rings. The molecule has 2 aromatic carbocycles. The highest BCUT2D eigenvalue weighted by Crippen LogP contribution is 2.12. The van der Waals surface area contributed by atoms with Crippen LogP contribution in [0.2, 0.25) is 0 Å². The number of rotatable bonds is 7. The fourth-order valence-electron chi connectivity index (χ4n) is 2.04. The number of hydrogen-bond acceptors (Lipinski definition) is 2. The second-order valence-corrected chi connectivity index (χ2v) is 4.94. The smallest absolute Gasteiger partial charge is 0.156 e. The molecular weight excluding hydrogens is 272 g/mol. The lowest BCUT2D eigenvalue weighted by molar-refractivity contribution is -0.114. The van der Waals surface area contributed by atoms with Gasteiger partial charge in [-0.1, -0.05) is 60.7 Å². The third-order valence-electron chi connectivity index (χ3n) is 3.30. The van der Waals surface area contributed by atoms with Crippen molar-refractivity contribution in [1.82, 2.24) is 0 Å². The molecule has 0 saturated carbocycles. The molecule has 0 N–H and O–H groups in total. The van der Waals surface area contributed by atoms with E-state index in [1.165, 1.54) is 0 Å². The monoisotopic (exact) mass is 292 g/mol. The molecule has 0 aliphatic heterocycles. The molecule has 0 aliphatic rings. The summed E-state index contributed by atoms with van der Waals surface area (Å²) in [4.78, 5) is 11.8. The van der Waals surface area contributed by atoms with Crippen LogP contribution in [-0.4, -0.2) is 12.9 Å². The van der Waals surface area contributed by atoms with Crippen LogP contribution in [-0.2, 0) is 11.2 Å². The zero-order valence-corrected chi connectivity index (χ0v) is 12.7. The summed E-state index contributed by atoms with van der Waals surface area (Å²) in [5.74, 6) is 0.967. The highest BCUT2D eigenvalue weighted by Gasteiger charge is 1.99. The summed E-state index contributed by atoms with van der Waals surface area (Å²) in [6.45, 7) is 0. The number of ether oxygens (including phenoxy) is 1. The molecule has 0 bridgehead atoms. The number of allylic oxidation sites excluding steroid dienone is 3. The average Bonchev–Trinajstić information content (AvgIpc) is 2.58. The van der Waals surface area contributed by atoms with Gasteiger partial charge in [-0.2, -0.15) is 0 Å². The third-order valence-corrected chi connectivity index (χ3v) is 3.30. The van der Waals surface area contributed by atoms with Crippen molar-refractivity contribution < 1.29 is 9.53 Å². The molecule has 112 valence electrons. The summed E-state index contributed by atoms with van der Waals surface area (Å²) in [5.41, 5.74) is 2.26. The molecule has 2 heteroatoms. The first-order valence-corrected chi connectivity index (χ1v) is 7.33. The molecule has 0 spiro atoms. The van der Waals surface area contributed by atoms with E-state index in [4.69, 9.17) is 4.74 Å². The molecule has 0 unspecified atom stereocenters. The van der Waals surface area contributed by atoms with Crippen molar-refractivity contribution in [2.24, 2.45) is 0 Å². The maximum Gasteiger partial charge on any atom is 0.156 e. The molecule has 0 radical (unpaired) electrons. The molecule has 0 heterocycles. The number of methoxy groups -OCH3 is 1. The van der Waals surface area contributed by atoms with Crippen molar-refractivity contribution in [3.63, 3.8) is 0 Å². The fraction of sp³-hybridized carbons (Fsp3) is 0.150. The highest BCUT2D eigenvalue weighted by molar-refractivity contribution is 5.90. The fourth-order valence-corrected chi connectivity index (χ4v) is 2.04. The molecule has 0 fully saturated rings. The molecule has 22 heavy (non-hydrogen) atoms. The van der Waals surface area contributed by atoms with Gasteiger partial charge >= 0.3 is 0 Å². The largest absolute Gasteiger partial charge is 0.497 e. The zero-order valence-electron chi connectivity index (χ0n) is 12.7. The van der Waals surface area contributed by atoms with Crippen LogP contribution in [0.15, 0.2) is 72.8 Å². The first-order valence-electron chi connectivity index (χ1n) is 7.33. The van der Waals surface area contributed by atoms with Gasteiger partial charge in [-0.05, 0) is 35.8 Å². The van der Waals surface area contributed by atoms with E-state index in [9.17, 15) is 4.79 Å². The number of hydrogen-bond donors (Lipinski definition) is 0. The van der Waals surface area contributed by atoms with Gasteiger partial charge in [0.2, 0.25) is 0 Å². The van der Waals surface area contributed by atoms with Gasteiger partial charge in [0.1, 0.15) is 5.75 Å². The van der Waals surface area contributed by atoms with Crippen molar-refractivity contribution in [2.75, 3.05) is 7.11 Å². The minimum absolute atomic E-state index is 0.133. The summed E-state index contributed by atoms with van der Waals surface area (Å²) in [6, 6.07) is 17.8. The normalized spacial score (nSPS) is 11.1. The Morgan fingerprint density at radius 2 is 1.73 bits per heavy atom. The number of aryl methyl sites for hydroxylation is 1. The Labute approximate surface area is 131 Å². The van der Waals surface area contributed by atoms with E-state index in [0.29, 0.717) is 6.42 Å². The van der Waals surface area contributed by atoms with Crippen LogP contribution in [0, 0.1) is 0 Å². The Balaban J connectivity index is 1.77. The predicted octanol–water partition coefficient (Wildman–Crippen LogP) is 4.47. The Bertz CT molecular complexity index is 637. The molecule has 0 saturated heterocycles. The highest BCUT2D eigenvalue weighted by atomic mass is 16.5. The second-order valence-electron chi connectivity index (χ2n) is 4.94. The Kier molecular flexibility index (Phi) is 6.18. The molecule has 0 aliphatic carbocycles. The first-order chi connectivity index (χ1) is 10.8. The maximum atomic E-state index is 11.8. The zero-order chi connectivity index (χ0) is 15.6. The van der Waals surface area contributed by atoms with Crippen molar-refractivity contribution in [3.05, 3.63) is 84.0 Å². The molecular formula is C20H20O2. The topological polar surface area (TPSA) is 26.3 Å². The third kappa shape index (κ3) is 5.41. The van der Waals surface area contributed by atoms with Crippen LogP contribution < -0.4 is 4.74 Å². The quantitative estimate of drug-likeness (QED) is 0.556. The standard InChI is InChI=1S/C20H20O2/c1-22-20-15-12-18(13-16-20)11-14-19(21)10-6-5-9-17-7-3-2-4-8-17/h2-10,12-13,15-16H,11,14H2,1H3/b9-5+,10-6+. The molecule has 0 atom stereocenters. The van der Waals surface area contributed by atoms with E-state index in [1.807, 2.05) is 66.7 Å². The Morgan fingerprint density at radius 3 is 2.41 bits per heavy atom. The van der Waals surface area contributed by atoms with Gasteiger partial charge < -0.3 is 4.74 Å². The second kappa shape index (κ2) is 8.63.